The van der Waals surface area contributed by atoms with Gasteiger partial charge >= 0.3 is 5.97 Å². The van der Waals surface area contributed by atoms with Crippen molar-refractivity contribution in [3.8, 4) is 5.75 Å². The predicted octanol–water partition coefficient (Wildman–Crippen LogP) is 4.86. The van der Waals surface area contributed by atoms with Crippen LogP contribution in [0.1, 0.15) is 34.8 Å². The summed E-state index contributed by atoms with van der Waals surface area (Å²) in [7, 11) is 0. The molecule has 0 radical (unpaired) electrons. The second-order valence-electron chi connectivity index (χ2n) is 5.11. The third-order valence-corrected chi connectivity index (χ3v) is 3.38. The highest BCUT2D eigenvalue weighted by Crippen LogP contribution is 2.17. The van der Waals surface area contributed by atoms with E-state index in [9.17, 15) is 9.18 Å². The Morgan fingerprint density at radius 1 is 1.18 bits per heavy atom. The Morgan fingerprint density at radius 3 is 2.55 bits per heavy atom. The maximum absolute atomic E-state index is 13.4. The molecule has 2 aromatic rings. The lowest BCUT2D eigenvalue weighted by Crippen LogP contribution is -2.08. The van der Waals surface area contributed by atoms with Crippen LogP contribution in [0.15, 0.2) is 54.6 Å². The van der Waals surface area contributed by atoms with Crippen LogP contribution in [-0.2, 0) is 6.42 Å². The van der Waals surface area contributed by atoms with E-state index in [-0.39, 0.29) is 11.6 Å². The number of carbonyl (C=O) groups excluding carboxylic acids is 1. The smallest absolute Gasteiger partial charge is 0.343 e. The molecule has 0 atom stereocenters. The summed E-state index contributed by atoms with van der Waals surface area (Å²) in [4.78, 5) is 12.0. The molecule has 0 amide bonds. The Labute approximate surface area is 130 Å². The predicted molar refractivity (Wildman–Crippen MR) is 85.7 cm³/mol. The molecule has 0 aliphatic carbocycles. The zero-order chi connectivity index (χ0) is 15.9. The SMILES string of the molecule is C/C=C/CCc1ccc(C(=O)Oc2ccc(C)c(F)c2)cc1. The van der Waals surface area contributed by atoms with Gasteiger partial charge < -0.3 is 4.74 Å². The van der Waals surface area contributed by atoms with Crippen molar-refractivity contribution in [2.45, 2.75) is 26.7 Å². The normalized spacial score (nSPS) is 10.9. The fraction of sp³-hybridized carbons (Fsp3) is 0.211. The molecule has 0 unspecified atom stereocenters. The second-order valence-corrected chi connectivity index (χ2v) is 5.11. The molecule has 0 fully saturated rings. The molecular weight excluding hydrogens is 279 g/mol. The molecule has 0 saturated heterocycles. The van der Waals surface area contributed by atoms with E-state index in [4.69, 9.17) is 4.74 Å². The van der Waals surface area contributed by atoms with Gasteiger partial charge in [0.05, 0.1) is 5.56 Å². The summed E-state index contributed by atoms with van der Waals surface area (Å²) in [6.45, 7) is 3.65. The highest BCUT2D eigenvalue weighted by Gasteiger charge is 2.09. The van der Waals surface area contributed by atoms with Crippen LogP contribution in [-0.4, -0.2) is 5.97 Å². The van der Waals surface area contributed by atoms with Gasteiger partial charge in [0.2, 0.25) is 0 Å². The Balaban J connectivity index is 2.01. The minimum Gasteiger partial charge on any atom is -0.423 e. The summed E-state index contributed by atoms with van der Waals surface area (Å²) in [6, 6.07) is 11.7. The molecule has 0 aliphatic heterocycles. The molecule has 2 aromatic carbocycles. The van der Waals surface area contributed by atoms with Gasteiger partial charge in [-0.05, 0) is 56.0 Å². The van der Waals surface area contributed by atoms with E-state index in [0.29, 0.717) is 11.1 Å². The maximum atomic E-state index is 13.4. The van der Waals surface area contributed by atoms with Crippen molar-refractivity contribution in [2.24, 2.45) is 0 Å². The van der Waals surface area contributed by atoms with Gasteiger partial charge in [-0.2, -0.15) is 0 Å². The van der Waals surface area contributed by atoms with Crippen molar-refractivity contribution >= 4 is 5.97 Å². The van der Waals surface area contributed by atoms with Gasteiger partial charge in [0.1, 0.15) is 11.6 Å². The van der Waals surface area contributed by atoms with E-state index >= 15 is 0 Å². The topological polar surface area (TPSA) is 26.3 Å². The van der Waals surface area contributed by atoms with Crippen molar-refractivity contribution in [3.05, 3.63) is 77.1 Å². The first kappa shape index (κ1) is 16.0. The van der Waals surface area contributed by atoms with Crippen molar-refractivity contribution in [2.75, 3.05) is 0 Å². The zero-order valence-electron chi connectivity index (χ0n) is 12.8. The minimum atomic E-state index is -0.483. The monoisotopic (exact) mass is 298 g/mol. The summed E-state index contributed by atoms with van der Waals surface area (Å²) in [6.07, 6.45) is 6.03. The maximum Gasteiger partial charge on any atom is 0.343 e. The Bertz CT molecular complexity index is 672. The average Bonchev–Trinajstić information content (AvgIpc) is 2.52. The molecule has 0 aliphatic rings. The van der Waals surface area contributed by atoms with Crippen LogP contribution in [0.3, 0.4) is 0 Å². The molecule has 2 rings (SSSR count). The summed E-state index contributed by atoms with van der Waals surface area (Å²) >= 11 is 0. The molecule has 114 valence electrons. The lowest BCUT2D eigenvalue weighted by atomic mass is 10.1. The van der Waals surface area contributed by atoms with E-state index in [1.807, 2.05) is 25.1 Å². The fourth-order valence-electron chi connectivity index (χ4n) is 2.03. The largest absolute Gasteiger partial charge is 0.423 e. The van der Waals surface area contributed by atoms with E-state index in [0.717, 1.165) is 18.4 Å². The van der Waals surface area contributed by atoms with Crippen molar-refractivity contribution in [1.29, 1.82) is 0 Å². The van der Waals surface area contributed by atoms with Crippen LogP contribution in [0, 0.1) is 12.7 Å². The first-order valence-electron chi connectivity index (χ1n) is 7.28. The quantitative estimate of drug-likeness (QED) is 0.447. The van der Waals surface area contributed by atoms with Crippen molar-refractivity contribution < 1.29 is 13.9 Å². The number of ether oxygens (including phenoxy) is 1. The molecule has 3 heteroatoms. The number of halogens is 1. The third-order valence-electron chi connectivity index (χ3n) is 3.38. The van der Waals surface area contributed by atoms with Crippen LogP contribution >= 0.6 is 0 Å². The Morgan fingerprint density at radius 2 is 1.91 bits per heavy atom. The highest BCUT2D eigenvalue weighted by atomic mass is 19.1. The molecule has 22 heavy (non-hydrogen) atoms. The fourth-order valence-corrected chi connectivity index (χ4v) is 2.03. The molecule has 2 nitrogen and oxygen atoms in total. The summed E-state index contributed by atoms with van der Waals surface area (Å²) in [5.74, 6) is -0.654. The van der Waals surface area contributed by atoms with Crippen LogP contribution < -0.4 is 4.74 Å². The second kappa shape index (κ2) is 7.55. The van der Waals surface area contributed by atoms with Gasteiger partial charge in [-0.1, -0.05) is 30.4 Å². The number of rotatable bonds is 5. The molecule has 0 N–H and O–H groups in total. The lowest BCUT2D eigenvalue weighted by Gasteiger charge is -2.06. The molecule has 0 aromatic heterocycles. The van der Waals surface area contributed by atoms with Crippen LogP contribution in [0.4, 0.5) is 4.39 Å². The number of allylic oxidation sites excluding steroid dienone is 2. The number of benzene rings is 2. The van der Waals surface area contributed by atoms with E-state index < -0.39 is 5.97 Å². The lowest BCUT2D eigenvalue weighted by molar-refractivity contribution is 0.0734. The van der Waals surface area contributed by atoms with Gasteiger partial charge in [-0.15, -0.1) is 0 Å². The molecule has 0 heterocycles. The highest BCUT2D eigenvalue weighted by molar-refractivity contribution is 5.91. The standard InChI is InChI=1S/C19H19FO2/c1-3-4-5-6-15-8-10-16(11-9-15)19(21)22-17-12-7-14(2)18(20)13-17/h3-4,7-13H,5-6H2,1-2H3/b4-3+. The van der Waals surface area contributed by atoms with Crippen LogP contribution in [0.5, 0.6) is 5.75 Å². The van der Waals surface area contributed by atoms with Crippen LogP contribution in [0.2, 0.25) is 0 Å². The summed E-state index contributed by atoms with van der Waals surface area (Å²) in [5.41, 5.74) is 2.14. The van der Waals surface area contributed by atoms with Gasteiger partial charge in [0.15, 0.2) is 0 Å². The number of hydrogen-bond donors (Lipinski definition) is 0. The van der Waals surface area contributed by atoms with E-state index in [2.05, 4.69) is 6.08 Å². The van der Waals surface area contributed by atoms with Crippen LogP contribution in [0.25, 0.3) is 0 Å². The van der Waals surface area contributed by atoms with Gasteiger partial charge in [-0.3, -0.25) is 0 Å². The minimum absolute atomic E-state index is 0.213. The first-order valence-corrected chi connectivity index (χ1v) is 7.28. The van der Waals surface area contributed by atoms with E-state index in [1.54, 1.807) is 31.2 Å². The Kier molecular flexibility index (Phi) is 5.48. The number of carbonyl (C=O) groups is 1. The Hall–Kier alpha value is -2.42. The van der Waals surface area contributed by atoms with Gasteiger partial charge in [0.25, 0.3) is 0 Å². The molecule has 0 bridgehead atoms. The molecular formula is C19H19FO2. The first-order chi connectivity index (χ1) is 10.6. The average molecular weight is 298 g/mol. The van der Waals surface area contributed by atoms with Gasteiger partial charge in [-0.25, -0.2) is 9.18 Å². The summed E-state index contributed by atoms with van der Waals surface area (Å²) in [5, 5.41) is 0. The van der Waals surface area contributed by atoms with Crippen molar-refractivity contribution in [1.82, 2.24) is 0 Å². The zero-order valence-corrected chi connectivity index (χ0v) is 12.8. The number of esters is 1. The molecule has 0 spiro atoms. The molecule has 0 saturated carbocycles. The van der Waals surface area contributed by atoms with Gasteiger partial charge in [0, 0.05) is 6.07 Å². The number of hydrogen-bond acceptors (Lipinski definition) is 2. The van der Waals surface area contributed by atoms with Crippen molar-refractivity contribution in [3.63, 3.8) is 0 Å². The third kappa shape index (κ3) is 4.29. The summed E-state index contributed by atoms with van der Waals surface area (Å²) < 4.78 is 18.6. The van der Waals surface area contributed by atoms with E-state index in [1.165, 1.54) is 6.07 Å². The number of aryl methyl sites for hydroxylation is 2.